The van der Waals surface area contributed by atoms with Crippen molar-refractivity contribution in [3.8, 4) is 0 Å². The maximum absolute atomic E-state index is 14.0. The van der Waals surface area contributed by atoms with Gasteiger partial charge in [0.15, 0.2) is 0 Å². The van der Waals surface area contributed by atoms with Crippen LogP contribution >= 0.6 is 0 Å². The summed E-state index contributed by atoms with van der Waals surface area (Å²) in [6.07, 6.45) is 3.15. The van der Waals surface area contributed by atoms with E-state index in [0.29, 0.717) is 0 Å². The molecule has 42 heavy (non-hydrogen) atoms. The van der Waals surface area contributed by atoms with Gasteiger partial charge in [-0.15, -0.1) is 0 Å². The molecule has 0 bridgehead atoms. The number of rotatable bonds is 21. The Hall–Kier alpha value is -3.14. The Kier molecular flexibility index (Phi) is 14.7. The summed E-state index contributed by atoms with van der Waals surface area (Å²) in [7, 11) is 0. The van der Waals surface area contributed by atoms with Crippen molar-refractivity contribution in [3.05, 3.63) is 0 Å². The molecule has 0 saturated heterocycles. The quantitative estimate of drug-likeness (QED) is 0.0812. The Morgan fingerprint density at radius 3 is 1.05 bits per heavy atom. The smallest absolute Gasteiger partial charge is 0.351 e. The van der Waals surface area contributed by atoms with Crippen molar-refractivity contribution in [2.75, 3.05) is 26.2 Å². The topological polar surface area (TPSA) is 117 Å². The first kappa shape index (κ1) is 38.9. The minimum atomic E-state index is -8.00. The van der Waals surface area contributed by atoms with E-state index in [1.54, 1.807) is 0 Å². The Morgan fingerprint density at radius 1 is 0.476 bits per heavy atom. The lowest BCUT2D eigenvalue weighted by Gasteiger charge is -2.40. The first-order valence-electron chi connectivity index (χ1n) is 12.1. The van der Waals surface area contributed by atoms with E-state index >= 15 is 0 Å². The molecule has 2 N–H and O–H groups in total. The first-order valence-corrected chi connectivity index (χ1v) is 12.1. The van der Waals surface area contributed by atoms with Gasteiger partial charge in [-0.2, -0.15) is 52.7 Å². The molecule has 0 saturated carbocycles. The van der Waals surface area contributed by atoms with Crippen LogP contribution in [0, 0.1) is 0 Å². The van der Waals surface area contributed by atoms with E-state index in [1.165, 1.54) is 12.2 Å². The highest BCUT2D eigenvalue weighted by molar-refractivity contribution is 5.85. The molecule has 0 aliphatic rings. The van der Waals surface area contributed by atoms with Gasteiger partial charge in [-0.3, -0.25) is 9.59 Å². The summed E-state index contributed by atoms with van der Waals surface area (Å²) in [6.45, 7) is -1.75. The molecule has 0 spiro atoms. The van der Waals surface area contributed by atoms with Crippen LogP contribution in [0.1, 0.15) is 51.4 Å². The number of alkyl halides is 12. The highest BCUT2D eigenvalue weighted by Crippen LogP contribution is 2.60. The minimum Gasteiger partial charge on any atom is -0.351 e. The minimum absolute atomic E-state index is 0.0231. The van der Waals surface area contributed by atoms with E-state index in [2.05, 4.69) is 9.98 Å². The molecular formula is C22H26F12N4O4. The molecule has 0 rings (SSSR count). The molecule has 0 radical (unpaired) electrons. The number of isocyanates is 2. The number of unbranched alkanes of at least 4 members (excludes halogenated alkanes) is 6. The number of hydrogen-bond donors (Lipinski definition) is 2. The largest absolute Gasteiger partial charge is 0.392 e. The van der Waals surface area contributed by atoms with Crippen LogP contribution in [0.2, 0.25) is 0 Å². The van der Waals surface area contributed by atoms with Crippen LogP contribution in [0.3, 0.4) is 0 Å². The fourth-order valence-corrected chi connectivity index (χ4v) is 3.13. The third-order valence-electron chi connectivity index (χ3n) is 5.64. The summed E-state index contributed by atoms with van der Waals surface area (Å²) >= 11 is 0. The van der Waals surface area contributed by atoms with Crippen molar-refractivity contribution in [1.29, 1.82) is 0 Å². The molecule has 0 aromatic carbocycles. The molecule has 0 aromatic rings. The number of carbonyl (C=O) groups excluding carboxylic acids is 4. The van der Waals surface area contributed by atoms with Gasteiger partial charge in [0.05, 0.1) is 13.1 Å². The highest BCUT2D eigenvalue weighted by Gasteiger charge is 2.92. The zero-order valence-electron chi connectivity index (χ0n) is 21.5. The molecule has 0 unspecified atom stereocenters. The van der Waals surface area contributed by atoms with Gasteiger partial charge >= 0.3 is 35.5 Å². The van der Waals surface area contributed by atoms with E-state index in [1.807, 2.05) is 0 Å². The number of amides is 2. The lowest BCUT2D eigenvalue weighted by Crippen LogP contribution is -2.73. The number of nitrogens with zero attached hydrogens (tertiary/aromatic N) is 2. The van der Waals surface area contributed by atoms with Crippen molar-refractivity contribution >= 4 is 24.0 Å². The molecule has 0 atom stereocenters. The van der Waals surface area contributed by atoms with E-state index < -0.39 is 60.4 Å². The summed E-state index contributed by atoms with van der Waals surface area (Å²) < 4.78 is 168. The van der Waals surface area contributed by atoms with Gasteiger partial charge in [-0.1, -0.05) is 25.7 Å². The van der Waals surface area contributed by atoms with Gasteiger partial charge in [0.25, 0.3) is 11.8 Å². The number of nitrogens with one attached hydrogen (secondary N) is 2. The zero-order valence-corrected chi connectivity index (χ0v) is 21.5. The van der Waals surface area contributed by atoms with Gasteiger partial charge in [-0.05, 0) is 25.7 Å². The molecule has 0 heterocycles. The molecule has 242 valence electrons. The maximum Gasteiger partial charge on any atom is 0.392 e. The monoisotopic (exact) mass is 638 g/mol. The maximum atomic E-state index is 14.0. The fourth-order valence-electron chi connectivity index (χ4n) is 3.13. The van der Waals surface area contributed by atoms with Crippen molar-refractivity contribution in [2.45, 2.75) is 86.9 Å². The van der Waals surface area contributed by atoms with Gasteiger partial charge in [0, 0.05) is 13.1 Å². The van der Waals surface area contributed by atoms with Gasteiger partial charge in [-0.25, -0.2) is 19.6 Å². The molecule has 0 aromatic heterocycles. The van der Waals surface area contributed by atoms with Crippen LogP contribution in [0.4, 0.5) is 52.7 Å². The van der Waals surface area contributed by atoms with Crippen molar-refractivity contribution in [3.63, 3.8) is 0 Å². The number of carbonyl (C=O) groups is 2. The molecule has 0 fully saturated rings. The molecule has 8 nitrogen and oxygen atoms in total. The van der Waals surface area contributed by atoms with E-state index in [9.17, 15) is 71.9 Å². The van der Waals surface area contributed by atoms with Crippen LogP contribution in [0.25, 0.3) is 0 Å². The van der Waals surface area contributed by atoms with Crippen LogP contribution in [-0.4, -0.2) is 85.7 Å². The average molecular weight is 638 g/mol. The second-order valence-corrected chi connectivity index (χ2v) is 8.73. The average Bonchev–Trinajstić information content (AvgIpc) is 2.90. The lowest BCUT2D eigenvalue weighted by molar-refractivity contribution is -0.415. The Labute approximate surface area is 230 Å². The second-order valence-electron chi connectivity index (χ2n) is 8.73. The summed E-state index contributed by atoms with van der Waals surface area (Å²) in [6, 6.07) is 0. The van der Waals surface area contributed by atoms with Gasteiger partial charge in [0.2, 0.25) is 12.2 Å². The molecular weight excluding hydrogens is 612 g/mol. The Balaban J connectivity index is 5.52. The normalized spacial score (nSPS) is 13.1. The summed E-state index contributed by atoms with van der Waals surface area (Å²) in [4.78, 5) is 49.0. The third-order valence-corrected chi connectivity index (χ3v) is 5.64. The van der Waals surface area contributed by atoms with Crippen LogP contribution in [0.15, 0.2) is 9.98 Å². The number of aliphatic imine (C=N–C) groups is 2. The predicted octanol–water partition coefficient (Wildman–Crippen LogP) is 4.82. The lowest BCUT2D eigenvalue weighted by atomic mass is 9.90. The second kappa shape index (κ2) is 15.9. The molecule has 20 heteroatoms. The number of halogens is 12. The summed E-state index contributed by atoms with van der Waals surface area (Å²) in [5, 5.41) is 2.07. The van der Waals surface area contributed by atoms with Crippen LogP contribution in [0.5, 0.6) is 0 Å². The van der Waals surface area contributed by atoms with Crippen LogP contribution < -0.4 is 10.6 Å². The van der Waals surface area contributed by atoms with Crippen molar-refractivity contribution < 1.29 is 71.9 Å². The fraction of sp³-hybridized carbons (Fsp3) is 0.818. The van der Waals surface area contributed by atoms with E-state index in [4.69, 9.17) is 0 Å². The van der Waals surface area contributed by atoms with Gasteiger partial charge in [0.1, 0.15) is 0 Å². The van der Waals surface area contributed by atoms with Crippen molar-refractivity contribution in [1.82, 2.24) is 10.6 Å². The zero-order chi connectivity index (χ0) is 32.9. The van der Waals surface area contributed by atoms with Crippen LogP contribution in [-0.2, 0) is 19.2 Å². The summed E-state index contributed by atoms with van der Waals surface area (Å²) in [5.74, 6) is -51.5. The SMILES string of the molecule is O=C=NCCCCCCNC(=O)C(F)(F)C(F)(F)C(F)(F)C(F)(F)C(F)(F)C(F)(F)C(=O)NCCCCCCN=C=O. The van der Waals surface area contributed by atoms with E-state index in [0.717, 1.165) is 10.6 Å². The standard InChI is InChI=1S/C22H26F12N4O4/c23-17(24,15(41)37-11-7-3-1-5-9-35-13-39)19(27,28)21(31,32)22(33,34)20(29,30)18(25,26)16(42)38-12-8-4-2-6-10-36-14-40/h1-12H2,(H,37,41)(H,38,42). The Bertz CT molecular complexity index is 920. The van der Waals surface area contributed by atoms with Gasteiger partial charge < -0.3 is 10.6 Å². The van der Waals surface area contributed by atoms with E-state index in [-0.39, 0.29) is 64.5 Å². The first-order chi connectivity index (χ1) is 19.2. The number of hydrogen-bond acceptors (Lipinski definition) is 6. The predicted molar refractivity (Wildman–Crippen MR) is 119 cm³/mol. The van der Waals surface area contributed by atoms with Crippen molar-refractivity contribution in [2.24, 2.45) is 9.98 Å². The Morgan fingerprint density at radius 2 is 0.762 bits per heavy atom. The molecule has 2 amide bonds. The summed E-state index contributed by atoms with van der Waals surface area (Å²) in [5.41, 5.74) is 0. The molecule has 0 aliphatic heterocycles. The highest BCUT2D eigenvalue weighted by atomic mass is 19.4. The molecule has 0 aliphatic carbocycles. The third kappa shape index (κ3) is 8.69.